The van der Waals surface area contributed by atoms with E-state index in [1.54, 1.807) is 17.0 Å². The minimum atomic E-state index is -0.467. The molecule has 1 fully saturated rings. The van der Waals surface area contributed by atoms with Gasteiger partial charge in [-0.2, -0.15) is 0 Å². The Labute approximate surface area is 164 Å². The summed E-state index contributed by atoms with van der Waals surface area (Å²) in [6.45, 7) is 7.27. The van der Waals surface area contributed by atoms with Crippen molar-refractivity contribution in [3.8, 4) is 0 Å². The van der Waals surface area contributed by atoms with E-state index in [1.165, 1.54) is 17.7 Å². The molecule has 2 heterocycles. The fourth-order valence-electron chi connectivity index (χ4n) is 4.49. The van der Waals surface area contributed by atoms with Gasteiger partial charge in [0.05, 0.1) is 4.92 Å². The molecular weight excluding hydrogens is 354 g/mol. The van der Waals surface area contributed by atoms with Gasteiger partial charge in [-0.3, -0.25) is 19.8 Å². The van der Waals surface area contributed by atoms with Gasteiger partial charge >= 0.3 is 0 Å². The van der Waals surface area contributed by atoms with Crippen LogP contribution in [0.25, 0.3) is 0 Å². The van der Waals surface area contributed by atoms with E-state index < -0.39 is 4.92 Å². The van der Waals surface area contributed by atoms with Crippen molar-refractivity contribution >= 4 is 17.3 Å². The second-order valence-electron chi connectivity index (χ2n) is 7.59. The molecule has 6 heteroatoms. The van der Waals surface area contributed by atoms with E-state index in [-0.39, 0.29) is 17.0 Å². The van der Waals surface area contributed by atoms with E-state index >= 15 is 0 Å². The minimum absolute atomic E-state index is 0.0510. The van der Waals surface area contributed by atoms with Gasteiger partial charge in [0.1, 0.15) is 0 Å². The minimum Gasteiger partial charge on any atom is -0.307 e. The molecule has 1 spiro atoms. The summed E-state index contributed by atoms with van der Waals surface area (Å²) in [7, 11) is 0. The Bertz CT molecular complexity index is 932. The zero-order valence-electron chi connectivity index (χ0n) is 15.7. The molecule has 0 bridgehead atoms. The first kappa shape index (κ1) is 18.4. The van der Waals surface area contributed by atoms with Gasteiger partial charge < -0.3 is 4.90 Å². The van der Waals surface area contributed by atoms with Crippen LogP contribution in [0.5, 0.6) is 0 Å². The maximum atomic E-state index is 13.3. The van der Waals surface area contributed by atoms with Crippen molar-refractivity contribution in [1.29, 1.82) is 0 Å². The normalized spacial score (nSPS) is 18.1. The van der Waals surface area contributed by atoms with E-state index in [1.807, 2.05) is 24.3 Å². The fourth-order valence-corrected chi connectivity index (χ4v) is 4.49. The number of carbonyl (C=O) groups excluding carboxylic acids is 1. The fraction of sp³-hybridized carbons (Fsp3) is 0.318. The summed E-state index contributed by atoms with van der Waals surface area (Å²) >= 11 is 0. The molecule has 28 heavy (non-hydrogen) atoms. The van der Waals surface area contributed by atoms with Gasteiger partial charge in [0, 0.05) is 41.9 Å². The first-order chi connectivity index (χ1) is 13.5. The van der Waals surface area contributed by atoms with Crippen molar-refractivity contribution in [2.45, 2.75) is 18.3 Å². The second kappa shape index (κ2) is 7.20. The van der Waals surface area contributed by atoms with Crippen LogP contribution in [0.4, 0.5) is 11.4 Å². The second-order valence-corrected chi connectivity index (χ2v) is 7.59. The summed E-state index contributed by atoms with van der Waals surface area (Å²) in [6.07, 6.45) is 3.89. The van der Waals surface area contributed by atoms with Gasteiger partial charge in [-0.1, -0.05) is 30.3 Å². The van der Waals surface area contributed by atoms with Gasteiger partial charge in [0.25, 0.3) is 11.6 Å². The summed E-state index contributed by atoms with van der Waals surface area (Å²) < 4.78 is 0. The lowest BCUT2D eigenvalue weighted by atomic mass is 9.74. The predicted octanol–water partition coefficient (Wildman–Crippen LogP) is 3.77. The maximum absolute atomic E-state index is 13.3. The Morgan fingerprint density at radius 1 is 1.18 bits per heavy atom. The van der Waals surface area contributed by atoms with E-state index in [0.29, 0.717) is 12.1 Å². The summed E-state index contributed by atoms with van der Waals surface area (Å²) in [5.74, 6) is -0.179. The quantitative estimate of drug-likeness (QED) is 0.462. The Kier molecular flexibility index (Phi) is 4.73. The Morgan fingerprint density at radius 3 is 2.64 bits per heavy atom. The SMILES string of the molecule is C=CCN1CCC2(CC1)CN(C(=O)c1cccc([N+](=O)[O-])c1)c1ccccc12. The number of nitro groups is 1. The Balaban J connectivity index is 1.65. The smallest absolute Gasteiger partial charge is 0.270 e. The van der Waals surface area contributed by atoms with Gasteiger partial charge in [-0.15, -0.1) is 6.58 Å². The Morgan fingerprint density at radius 2 is 1.93 bits per heavy atom. The number of non-ortho nitro benzene ring substituents is 1. The molecule has 0 saturated carbocycles. The molecule has 0 radical (unpaired) electrons. The molecule has 1 saturated heterocycles. The van der Waals surface area contributed by atoms with Crippen LogP contribution >= 0.6 is 0 Å². The van der Waals surface area contributed by atoms with Crippen LogP contribution in [0.3, 0.4) is 0 Å². The number of hydrogen-bond donors (Lipinski definition) is 0. The van der Waals surface area contributed by atoms with Crippen molar-refractivity contribution in [2.24, 2.45) is 0 Å². The van der Waals surface area contributed by atoms with Gasteiger partial charge in [0.2, 0.25) is 0 Å². The number of fused-ring (bicyclic) bond motifs is 2. The topological polar surface area (TPSA) is 66.7 Å². The van der Waals surface area contributed by atoms with Gasteiger partial charge in [-0.05, 0) is 43.6 Å². The average Bonchev–Trinajstić information content (AvgIpc) is 3.04. The van der Waals surface area contributed by atoms with Crippen LogP contribution < -0.4 is 4.90 Å². The van der Waals surface area contributed by atoms with Crippen LogP contribution in [-0.2, 0) is 5.41 Å². The molecule has 0 aliphatic carbocycles. The monoisotopic (exact) mass is 377 g/mol. The largest absolute Gasteiger partial charge is 0.307 e. The number of rotatable bonds is 4. The lowest BCUT2D eigenvalue weighted by Crippen LogP contribution is -2.46. The molecule has 2 aromatic rings. The lowest BCUT2D eigenvalue weighted by molar-refractivity contribution is -0.384. The molecule has 2 aromatic carbocycles. The molecule has 0 aromatic heterocycles. The third kappa shape index (κ3) is 3.10. The first-order valence-corrected chi connectivity index (χ1v) is 9.53. The Hall–Kier alpha value is -2.99. The maximum Gasteiger partial charge on any atom is 0.270 e. The number of benzene rings is 2. The number of para-hydroxylation sites is 1. The number of nitrogens with zero attached hydrogens (tertiary/aromatic N) is 3. The number of hydrogen-bond acceptors (Lipinski definition) is 4. The summed E-state index contributed by atoms with van der Waals surface area (Å²) in [4.78, 5) is 28.1. The molecule has 144 valence electrons. The molecule has 0 N–H and O–H groups in total. The van der Waals surface area contributed by atoms with E-state index in [9.17, 15) is 14.9 Å². The molecule has 2 aliphatic rings. The lowest BCUT2D eigenvalue weighted by Gasteiger charge is -2.39. The van der Waals surface area contributed by atoms with Crippen LogP contribution in [0.2, 0.25) is 0 Å². The van der Waals surface area contributed by atoms with Crippen LogP contribution in [0.1, 0.15) is 28.8 Å². The van der Waals surface area contributed by atoms with E-state index in [0.717, 1.165) is 38.2 Å². The molecule has 6 nitrogen and oxygen atoms in total. The highest BCUT2D eigenvalue weighted by atomic mass is 16.6. The number of likely N-dealkylation sites (tertiary alicyclic amines) is 1. The molecular formula is C22H23N3O3. The molecule has 1 amide bonds. The third-order valence-electron chi connectivity index (χ3n) is 5.98. The zero-order chi connectivity index (χ0) is 19.7. The van der Waals surface area contributed by atoms with Crippen molar-refractivity contribution in [1.82, 2.24) is 4.90 Å². The van der Waals surface area contributed by atoms with Crippen molar-refractivity contribution in [3.05, 3.63) is 82.4 Å². The van der Waals surface area contributed by atoms with Crippen LogP contribution in [0.15, 0.2) is 61.2 Å². The average molecular weight is 377 g/mol. The highest BCUT2D eigenvalue weighted by Crippen LogP contribution is 2.47. The van der Waals surface area contributed by atoms with Crippen molar-refractivity contribution in [3.63, 3.8) is 0 Å². The first-order valence-electron chi connectivity index (χ1n) is 9.53. The summed E-state index contributed by atoms with van der Waals surface area (Å²) in [5, 5.41) is 11.1. The number of anilines is 1. The zero-order valence-corrected chi connectivity index (χ0v) is 15.7. The highest BCUT2D eigenvalue weighted by molar-refractivity contribution is 6.08. The van der Waals surface area contributed by atoms with Crippen molar-refractivity contribution in [2.75, 3.05) is 31.1 Å². The third-order valence-corrected chi connectivity index (χ3v) is 5.98. The van der Waals surface area contributed by atoms with Crippen molar-refractivity contribution < 1.29 is 9.72 Å². The predicted molar refractivity (Wildman–Crippen MR) is 109 cm³/mol. The molecule has 0 atom stereocenters. The molecule has 0 unspecified atom stereocenters. The number of amides is 1. The van der Waals surface area contributed by atoms with Crippen LogP contribution in [-0.4, -0.2) is 41.9 Å². The highest BCUT2D eigenvalue weighted by Gasteiger charge is 2.46. The standard InChI is InChI=1S/C22H23N3O3/c1-2-12-23-13-10-22(11-14-23)16-24(20-9-4-3-8-19(20)22)21(26)17-6-5-7-18(15-17)25(27)28/h2-9,15H,1,10-14,16H2. The van der Waals surface area contributed by atoms with E-state index in [4.69, 9.17) is 0 Å². The molecule has 2 aliphatic heterocycles. The van der Waals surface area contributed by atoms with Crippen LogP contribution in [0, 0.1) is 10.1 Å². The summed E-state index contributed by atoms with van der Waals surface area (Å²) in [5.41, 5.74) is 2.38. The van der Waals surface area contributed by atoms with E-state index in [2.05, 4.69) is 17.5 Å². The number of piperidine rings is 1. The number of nitro benzene ring substituents is 1. The van der Waals surface area contributed by atoms with Gasteiger partial charge in [-0.25, -0.2) is 0 Å². The molecule has 4 rings (SSSR count). The van der Waals surface area contributed by atoms with Gasteiger partial charge in [0.15, 0.2) is 0 Å². The number of carbonyl (C=O) groups is 1. The summed E-state index contributed by atoms with van der Waals surface area (Å²) in [6, 6.07) is 14.1.